The van der Waals surface area contributed by atoms with Gasteiger partial charge in [-0.1, -0.05) is 0 Å². The maximum absolute atomic E-state index is 5.37. The average Bonchev–Trinajstić information content (AvgIpc) is 2.91. The Balaban J connectivity index is 1.97. The number of methoxy groups -OCH3 is 3. The van der Waals surface area contributed by atoms with E-state index in [0.717, 1.165) is 5.56 Å². The molecule has 0 radical (unpaired) electrons. The first-order chi connectivity index (χ1) is 9.28. The molecule has 6 nitrogen and oxygen atoms in total. The van der Waals surface area contributed by atoms with Crippen LogP contribution in [0.4, 0.5) is 0 Å². The number of ether oxygens (including phenoxy) is 5. The molecule has 6 heteroatoms. The summed E-state index contributed by atoms with van der Waals surface area (Å²) in [7, 11) is 4.83. The van der Waals surface area contributed by atoms with Crippen LogP contribution in [0.2, 0.25) is 0 Å². The fraction of sp³-hybridized carbons (Fsp3) is 0.538. The summed E-state index contributed by atoms with van der Waals surface area (Å²) in [5.74, 6) is 2.06. The molecule has 0 amide bonds. The van der Waals surface area contributed by atoms with E-state index in [9.17, 15) is 0 Å². The summed E-state index contributed by atoms with van der Waals surface area (Å²) in [6.07, 6.45) is -0.254. The fourth-order valence-electron chi connectivity index (χ4n) is 1.88. The maximum Gasteiger partial charge on any atom is 0.231 e. The molecule has 1 aromatic carbocycles. The Morgan fingerprint density at radius 1 is 1.21 bits per heavy atom. The lowest BCUT2D eigenvalue weighted by atomic mass is 10.2. The molecule has 1 heterocycles. The number of hydrogen-bond acceptors (Lipinski definition) is 6. The van der Waals surface area contributed by atoms with E-state index in [1.54, 1.807) is 21.3 Å². The van der Waals surface area contributed by atoms with Gasteiger partial charge >= 0.3 is 0 Å². The van der Waals surface area contributed by atoms with E-state index in [4.69, 9.17) is 23.7 Å². The van der Waals surface area contributed by atoms with Crippen LogP contribution in [-0.2, 0) is 16.0 Å². The van der Waals surface area contributed by atoms with Crippen LogP contribution in [0, 0.1) is 0 Å². The molecule has 0 unspecified atom stereocenters. The van der Waals surface area contributed by atoms with Gasteiger partial charge in [0.25, 0.3) is 0 Å². The third-order valence-corrected chi connectivity index (χ3v) is 2.88. The van der Waals surface area contributed by atoms with Crippen LogP contribution in [0.5, 0.6) is 17.2 Å². The Morgan fingerprint density at radius 2 is 2.00 bits per heavy atom. The Kier molecular flexibility index (Phi) is 4.84. The highest BCUT2D eigenvalue weighted by atomic mass is 16.7. The van der Waals surface area contributed by atoms with Crippen molar-refractivity contribution in [3.8, 4) is 17.2 Å². The van der Waals surface area contributed by atoms with Gasteiger partial charge in [0.1, 0.15) is 0 Å². The fourth-order valence-corrected chi connectivity index (χ4v) is 1.88. The van der Waals surface area contributed by atoms with Crippen LogP contribution < -0.4 is 19.5 Å². The summed E-state index contributed by atoms with van der Waals surface area (Å²) >= 11 is 0. The molecule has 1 N–H and O–H groups in total. The van der Waals surface area contributed by atoms with Crippen molar-refractivity contribution < 1.29 is 23.7 Å². The highest BCUT2D eigenvalue weighted by molar-refractivity contribution is 5.55. The molecule has 1 aliphatic heterocycles. The minimum atomic E-state index is -0.254. The van der Waals surface area contributed by atoms with E-state index in [2.05, 4.69) is 5.32 Å². The number of fused-ring (bicyclic) bond motifs is 1. The minimum Gasteiger partial charge on any atom is -0.493 e. The lowest BCUT2D eigenvalue weighted by Gasteiger charge is -2.14. The van der Waals surface area contributed by atoms with E-state index >= 15 is 0 Å². The minimum absolute atomic E-state index is 0.234. The molecule has 106 valence electrons. The monoisotopic (exact) mass is 269 g/mol. The number of hydrogen-bond donors (Lipinski definition) is 1. The van der Waals surface area contributed by atoms with Gasteiger partial charge in [0.15, 0.2) is 17.8 Å². The Bertz CT molecular complexity index is 420. The first kappa shape index (κ1) is 13.9. The third kappa shape index (κ3) is 3.28. The molecular formula is C13H19NO5. The molecule has 0 saturated heterocycles. The second kappa shape index (κ2) is 6.60. The van der Waals surface area contributed by atoms with Gasteiger partial charge in [0, 0.05) is 27.3 Å². The van der Waals surface area contributed by atoms with E-state index in [-0.39, 0.29) is 13.1 Å². The van der Waals surface area contributed by atoms with Crippen molar-refractivity contribution in [2.45, 2.75) is 12.8 Å². The van der Waals surface area contributed by atoms with Gasteiger partial charge in [-0.05, 0) is 17.7 Å². The number of nitrogens with one attached hydrogen (secondary N) is 1. The molecular weight excluding hydrogens is 250 g/mol. The number of benzene rings is 1. The van der Waals surface area contributed by atoms with Crippen LogP contribution in [0.3, 0.4) is 0 Å². The van der Waals surface area contributed by atoms with Gasteiger partial charge < -0.3 is 29.0 Å². The smallest absolute Gasteiger partial charge is 0.231 e. The van der Waals surface area contributed by atoms with E-state index in [1.807, 2.05) is 12.1 Å². The topological polar surface area (TPSA) is 58.2 Å². The van der Waals surface area contributed by atoms with Crippen LogP contribution in [0.1, 0.15) is 5.56 Å². The largest absolute Gasteiger partial charge is 0.493 e. The van der Waals surface area contributed by atoms with Crippen LogP contribution in [0.25, 0.3) is 0 Å². The zero-order chi connectivity index (χ0) is 13.7. The van der Waals surface area contributed by atoms with Crippen LogP contribution in [-0.4, -0.2) is 41.0 Å². The second-order valence-electron chi connectivity index (χ2n) is 4.06. The Labute approximate surface area is 112 Å². The summed E-state index contributed by atoms with van der Waals surface area (Å²) in [5, 5.41) is 3.24. The van der Waals surface area contributed by atoms with Crippen molar-refractivity contribution in [3.05, 3.63) is 17.7 Å². The quantitative estimate of drug-likeness (QED) is 0.749. The molecule has 2 rings (SSSR count). The first-order valence-corrected chi connectivity index (χ1v) is 6.01. The summed E-state index contributed by atoms with van der Waals surface area (Å²) < 4.78 is 26.2. The zero-order valence-electron chi connectivity index (χ0n) is 11.4. The molecule has 1 aromatic rings. The van der Waals surface area contributed by atoms with Crippen molar-refractivity contribution in [1.82, 2.24) is 5.32 Å². The molecule has 0 atom stereocenters. The molecule has 0 fully saturated rings. The van der Waals surface area contributed by atoms with E-state index < -0.39 is 0 Å². The first-order valence-electron chi connectivity index (χ1n) is 6.01. The Hall–Kier alpha value is -1.50. The highest BCUT2D eigenvalue weighted by Crippen LogP contribution is 2.41. The highest BCUT2D eigenvalue weighted by Gasteiger charge is 2.19. The van der Waals surface area contributed by atoms with E-state index in [1.165, 1.54) is 0 Å². The van der Waals surface area contributed by atoms with Crippen LogP contribution >= 0.6 is 0 Å². The summed E-state index contributed by atoms with van der Waals surface area (Å²) in [6.45, 7) is 1.50. The molecule has 0 aliphatic carbocycles. The van der Waals surface area contributed by atoms with Crippen molar-refractivity contribution >= 4 is 0 Å². The van der Waals surface area contributed by atoms with E-state index in [0.29, 0.717) is 30.3 Å². The third-order valence-electron chi connectivity index (χ3n) is 2.88. The summed E-state index contributed by atoms with van der Waals surface area (Å²) in [5.41, 5.74) is 1.05. The second-order valence-corrected chi connectivity index (χ2v) is 4.06. The van der Waals surface area contributed by atoms with Gasteiger partial charge in [0.05, 0.1) is 7.11 Å². The van der Waals surface area contributed by atoms with Gasteiger partial charge in [-0.3, -0.25) is 0 Å². The van der Waals surface area contributed by atoms with Gasteiger partial charge in [-0.25, -0.2) is 0 Å². The summed E-state index contributed by atoms with van der Waals surface area (Å²) in [4.78, 5) is 0. The van der Waals surface area contributed by atoms with Crippen molar-refractivity contribution in [3.63, 3.8) is 0 Å². The zero-order valence-corrected chi connectivity index (χ0v) is 11.4. The molecule has 0 aromatic heterocycles. The normalized spacial score (nSPS) is 13.1. The average molecular weight is 269 g/mol. The van der Waals surface area contributed by atoms with Crippen molar-refractivity contribution in [2.24, 2.45) is 0 Å². The number of rotatable bonds is 7. The standard InChI is InChI=1S/C13H19NO5/c1-15-10-4-9(5-11-13(10)19-8-18-11)6-14-7-12(16-2)17-3/h4-5,12,14H,6-8H2,1-3H3. The molecule has 19 heavy (non-hydrogen) atoms. The predicted octanol–water partition coefficient (Wildman–Crippen LogP) is 1.13. The molecule has 0 bridgehead atoms. The SMILES string of the molecule is COc1cc(CNCC(OC)OC)cc2c1OCO2. The Morgan fingerprint density at radius 3 is 2.68 bits per heavy atom. The predicted molar refractivity (Wildman–Crippen MR) is 68.6 cm³/mol. The van der Waals surface area contributed by atoms with Crippen molar-refractivity contribution in [1.29, 1.82) is 0 Å². The van der Waals surface area contributed by atoms with Crippen LogP contribution in [0.15, 0.2) is 12.1 Å². The molecule has 1 aliphatic rings. The van der Waals surface area contributed by atoms with Gasteiger partial charge in [0.2, 0.25) is 12.5 Å². The summed E-state index contributed by atoms with van der Waals surface area (Å²) in [6, 6.07) is 3.86. The lowest BCUT2D eigenvalue weighted by molar-refractivity contribution is -0.0989. The van der Waals surface area contributed by atoms with Crippen molar-refractivity contribution in [2.75, 3.05) is 34.7 Å². The maximum atomic E-state index is 5.37. The molecule has 0 spiro atoms. The van der Waals surface area contributed by atoms with Gasteiger partial charge in [-0.2, -0.15) is 0 Å². The van der Waals surface area contributed by atoms with Gasteiger partial charge in [-0.15, -0.1) is 0 Å². The lowest BCUT2D eigenvalue weighted by Crippen LogP contribution is -2.29. The molecule has 0 saturated carbocycles.